The van der Waals surface area contributed by atoms with E-state index in [1.54, 1.807) is 0 Å². The molecule has 0 amide bonds. The maximum absolute atomic E-state index is 6.00. The number of hydrogen-bond donors (Lipinski definition) is 1. The van der Waals surface area contributed by atoms with Crippen molar-refractivity contribution >= 4 is 0 Å². The molecule has 1 aliphatic carbocycles. The minimum atomic E-state index is 0.530. The Morgan fingerprint density at radius 3 is 2.53 bits per heavy atom. The summed E-state index contributed by atoms with van der Waals surface area (Å²) in [6.07, 6.45) is 9.01. The Kier molecular flexibility index (Phi) is 4.45. The topological polar surface area (TPSA) is 24.5 Å². The van der Waals surface area contributed by atoms with Crippen molar-refractivity contribution in [2.24, 2.45) is 5.92 Å². The highest BCUT2D eigenvalue weighted by atomic mass is 16.5. The quantitative estimate of drug-likeness (QED) is 0.845. The van der Waals surface area contributed by atoms with E-state index in [4.69, 9.17) is 4.74 Å². The van der Waals surface area contributed by atoms with E-state index in [-0.39, 0.29) is 0 Å². The summed E-state index contributed by atoms with van der Waals surface area (Å²) in [5.74, 6) is 0.894. The lowest BCUT2D eigenvalue weighted by molar-refractivity contribution is -0.0650. The summed E-state index contributed by atoms with van der Waals surface area (Å²) in [4.78, 5) is 2.76. The molecule has 2 aliphatic heterocycles. The smallest absolute Gasteiger partial charge is 0.0707 e. The van der Waals surface area contributed by atoms with Gasteiger partial charge in [0.25, 0.3) is 0 Å². The van der Waals surface area contributed by atoms with Gasteiger partial charge < -0.3 is 10.1 Å². The summed E-state index contributed by atoms with van der Waals surface area (Å²) in [5.41, 5.74) is 0. The summed E-state index contributed by atoms with van der Waals surface area (Å²) in [5, 5.41) is 3.81. The molecule has 3 aliphatic rings. The van der Waals surface area contributed by atoms with Crippen molar-refractivity contribution in [3.8, 4) is 0 Å². The van der Waals surface area contributed by atoms with Crippen molar-refractivity contribution in [1.29, 1.82) is 0 Å². The molecule has 0 radical (unpaired) electrons. The van der Waals surface area contributed by atoms with Crippen molar-refractivity contribution in [1.82, 2.24) is 10.2 Å². The zero-order valence-electron chi connectivity index (χ0n) is 12.6. The van der Waals surface area contributed by atoms with Gasteiger partial charge >= 0.3 is 0 Å². The van der Waals surface area contributed by atoms with Gasteiger partial charge in [-0.25, -0.2) is 0 Å². The fraction of sp³-hybridized carbons (Fsp3) is 1.00. The Bertz CT molecular complexity index is 282. The van der Waals surface area contributed by atoms with Crippen molar-refractivity contribution in [3.05, 3.63) is 0 Å². The van der Waals surface area contributed by atoms with Gasteiger partial charge in [0.2, 0.25) is 0 Å². The van der Waals surface area contributed by atoms with Gasteiger partial charge in [0.1, 0.15) is 0 Å². The van der Waals surface area contributed by atoms with Crippen molar-refractivity contribution < 1.29 is 4.74 Å². The van der Waals surface area contributed by atoms with Crippen LogP contribution in [0.2, 0.25) is 0 Å². The molecule has 2 bridgehead atoms. The molecule has 0 aromatic carbocycles. The van der Waals surface area contributed by atoms with Gasteiger partial charge in [-0.2, -0.15) is 0 Å². The van der Waals surface area contributed by atoms with Crippen LogP contribution in [0, 0.1) is 5.92 Å². The van der Waals surface area contributed by atoms with E-state index in [2.05, 4.69) is 24.1 Å². The van der Waals surface area contributed by atoms with E-state index in [0.717, 1.165) is 12.0 Å². The zero-order chi connectivity index (χ0) is 13.2. The molecule has 0 aromatic rings. The van der Waals surface area contributed by atoms with Gasteiger partial charge in [0, 0.05) is 25.2 Å². The lowest BCUT2D eigenvalue weighted by atomic mass is 9.82. The first-order valence-electron chi connectivity index (χ1n) is 8.39. The van der Waals surface area contributed by atoms with Gasteiger partial charge in [-0.1, -0.05) is 13.8 Å². The highest BCUT2D eigenvalue weighted by Gasteiger charge is 2.40. The maximum atomic E-state index is 6.00. The number of nitrogens with one attached hydrogen (secondary N) is 1. The molecule has 2 saturated heterocycles. The molecule has 3 fully saturated rings. The van der Waals surface area contributed by atoms with Gasteiger partial charge in [-0.05, 0) is 51.0 Å². The summed E-state index contributed by atoms with van der Waals surface area (Å²) in [6, 6.07) is 1.47. The number of nitrogens with zero attached hydrogens (tertiary/aromatic N) is 1. The predicted molar refractivity (Wildman–Crippen MR) is 78.4 cm³/mol. The third-order valence-electron chi connectivity index (χ3n) is 5.28. The molecular formula is C16H30N2O. The maximum Gasteiger partial charge on any atom is 0.0707 e. The number of likely N-dealkylation sites (tertiary alicyclic amines) is 1. The molecule has 5 atom stereocenters. The molecule has 0 spiro atoms. The van der Waals surface area contributed by atoms with Crippen LogP contribution in [0.1, 0.15) is 52.4 Å². The van der Waals surface area contributed by atoms with Crippen LogP contribution in [0.15, 0.2) is 0 Å². The molecule has 3 rings (SSSR count). The number of hydrogen-bond acceptors (Lipinski definition) is 3. The number of ether oxygens (including phenoxy) is 1. The van der Waals surface area contributed by atoms with Crippen LogP contribution in [0.25, 0.3) is 0 Å². The van der Waals surface area contributed by atoms with E-state index < -0.39 is 0 Å². The minimum absolute atomic E-state index is 0.530. The summed E-state index contributed by atoms with van der Waals surface area (Å²) < 4.78 is 6.00. The lowest BCUT2D eigenvalue weighted by Crippen LogP contribution is -2.57. The Hall–Kier alpha value is -0.120. The molecule has 1 N–H and O–H groups in total. The first-order valence-corrected chi connectivity index (χ1v) is 8.39. The second kappa shape index (κ2) is 6.11. The zero-order valence-corrected chi connectivity index (χ0v) is 12.6. The fourth-order valence-electron chi connectivity index (χ4n) is 4.24. The molecule has 3 heteroatoms. The Morgan fingerprint density at radius 2 is 1.84 bits per heavy atom. The van der Waals surface area contributed by atoms with Gasteiger partial charge in [-0.3, -0.25) is 4.90 Å². The largest absolute Gasteiger partial charge is 0.372 e. The predicted octanol–water partition coefficient (Wildman–Crippen LogP) is 2.41. The third kappa shape index (κ3) is 3.14. The molecule has 3 nitrogen and oxygen atoms in total. The molecule has 1 saturated carbocycles. The Labute approximate surface area is 118 Å². The Balaban J connectivity index is 1.64. The van der Waals surface area contributed by atoms with Gasteiger partial charge in [0.15, 0.2) is 0 Å². The van der Waals surface area contributed by atoms with Crippen molar-refractivity contribution in [3.63, 3.8) is 0 Å². The standard InChI is InChI=1S/C16H30N2O/c1-3-8-17-15-7-4-12(2)9-16(15)18-10-13-5-6-14(11-18)19-13/h12-17H,3-11H2,1-2H3. The van der Waals surface area contributed by atoms with Gasteiger partial charge in [-0.15, -0.1) is 0 Å². The van der Waals surface area contributed by atoms with Crippen LogP contribution in [0.3, 0.4) is 0 Å². The van der Waals surface area contributed by atoms with Crippen molar-refractivity contribution in [2.45, 2.75) is 76.7 Å². The third-order valence-corrected chi connectivity index (χ3v) is 5.28. The fourth-order valence-corrected chi connectivity index (χ4v) is 4.24. The van der Waals surface area contributed by atoms with Crippen LogP contribution in [-0.2, 0) is 4.74 Å². The highest BCUT2D eigenvalue weighted by molar-refractivity contribution is 4.95. The van der Waals surface area contributed by atoms with E-state index in [0.29, 0.717) is 18.2 Å². The summed E-state index contributed by atoms with van der Waals surface area (Å²) in [6.45, 7) is 8.23. The van der Waals surface area contributed by atoms with Gasteiger partial charge in [0.05, 0.1) is 12.2 Å². The number of rotatable bonds is 4. The molecule has 0 aromatic heterocycles. The van der Waals surface area contributed by atoms with E-state index in [1.807, 2.05) is 0 Å². The van der Waals surface area contributed by atoms with E-state index >= 15 is 0 Å². The SMILES string of the molecule is CCCNC1CCC(C)CC1N1CC2CCC(C1)O2. The first-order chi connectivity index (χ1) is 9.26. The van der Waals surface area contributed by atoms with Crippen LogP contribution in [-0.4, -0.2) is 48.8 Å². The number of fused-ring (bicyclic) bond motifs is 2. The van der Waals surface area contributed by atoms with Crippen LogP contribution >= 0.6 is 0 Å². The molecule has 19 heavy (non-hydrogen) atoms. The van der Waals surface area contributed by atoms with Crippen LogP contribution in [0.4, 0.5) is 0 Å². The number of morpholine rings is 1. The molecular weight excluding hydrogens is 236 g/mol. The summed E-state index contributed by atoms with van der Waals surface area (Å²) >= 11 is 0. The highest BCUT2D eigenvalue weighted by Crippen LogP contribution is 2.33. The Morgan fingerprint density at radius 1 is 1.11 bits per heavy atom. The average molecular weight is 266 g/mol. The van der Waals surface area contributed by atoms with Crippen LogP contribution < -0.4 is 5.32 Å². The monoisotopic (exact) mass is 266 g/mol. The van der Waals surface area contributed by atoms with E-state index in [1.165, 1.54) is 58.2 Å². The molecule has 5 unspecified atom stereocenters. The van der Waals surface area contributed by atoms with Crippen molar-refractivity contribution in [2.75, 3.05) is 19.6 Å². The lowest BCUT2D eigenvalue weighted by Gasteiger charge is -2.45. The average Bonchev–Trinajstić information content (AvgIpc) is 2.76. The molecule has 2 heterocycles. The minimum Gasteiger partial charge on any atom is -0.372 e. The molecule has 110 valence electrons. The first kappa shape index (κ1) is 13.8. The second-order valence-corrected chi connectivity index (χ2v) is 6.96. The summed E-state index contributed by atoms with van der Waals surface area (Å²) in [7, 11) is 0. The van der Waals surface area contributed by atoms with Crippen LogP contribution in [0.5, 0.6) is 0 Å². The second-order valence-electron chi connectivity index (χ2n) is 6.96. The van der Waals surface area contributed by atoms with E-state index in [9.17, 15) is 0 Å². The normalized spacial score (nSPS) is 43.6.